The molecule has 0 saturated carbocycles. The van der Waals surface area contributed by atoms with Gasteiger partial charge in [-0.15, -0.1) is 14.7 Å². The third kappa shape index (κ3) is 2.66. The number of rotatable bonds is 3. The lowest BCUT2D eigenvalue weighted by atomic mass is 10.3. The van der Waals surface area contributed by atoms with E-state index in [4.69, 9.17) is 4.42 Å². The highest BCUT2D eigenvalue weighted by molar-refractivity contribution is 7.98. The van der Waals surface area contributed by atoms with Gasteiger partial charge in [-0.25, -0.2) is 5.10 Å². The number of nitrogens with one attached hydrogen (secondary N) is 1. The van der Waals surface area contributed by atoms with Crippen molar-refractivity contribution >= 4 is 17.5 Å². The molecule has 8 nitrogen and oxygen atoms in total. The molecule has 0 spiro atoms. The molecule has 4 aromatic rings. The van der Waals surface area contributed by atoms with Gasteiger partial charge in [-0.3, -0.25) is 4.98 Å². The Morgan fingerprint density at radius 2 is 2.09 bits per heavy atom. The number of H-pyrrole nitrogens is 1. The summed E-state index contributed by atoms with van der Waals surface area (Å²) >= 11 is 1.34. The van der Waals surface area contributed by atoms with Crippen LogP contribution in [0.15, 0.2) is 45.1 Å². The molecule has 0 amide bonds. The summed E-state index contributed by atoms with van der Waals surface area (Å²) in [6.07, 6.45) is 1.69. The predicted octanol–water partition coefficient (Wildman–Crippen LogP) is 1.76. The normalized spacial score (nSPS) is 11.2. The van der Waals surface area contributed by atoms with E-state index >= 15 is 0 Å². The summed E-state index contributed by atoms with van der Waals surface area (Å²) < 4.78 is 7.47. The maximum atomic E-state index is 5.68. The molecule has 0 fully saturated rings. The molecule has 4 aromatic heterocycles. The molecule has 0 aromatic carbocycles. The molecule has 0 saturated heterocycles. The monoisotopic (exact) mass is 326 g/mol. The van der Waals surface area contributed by atoms with Crippen LogP contribution in [0.2, 0.25) is 0 Å². The van der Waals surface area contributed by atoms with Gasteiger partial charge in [-0.1, -0.05) is 16.0 Å². The van der Waals surface area contributed by atoms with Crippen LogP contribution in [0.5, 0.6) is 0 Å². The van der Waals surface area contributed by atoms with Crippen molar-refractivity contribution in [2.75, 3.05) is 0 Å². The Kier molecular flexibility index (Phi) is 3.27. The molecule has 9 heteroatoms. The van der Waals surface area contributed by atoms with Gasteiger partial charge < -0.3 is 4.42 Å². The predicted molar refractivity (Wildman–Crippen MR) is 80.7 cm³/mol. The smallest absolute Gasteiger partial charge is 0.409 e. The number of nitrogens with zero attached hydrogens (tertiary/aromatic N) is 6. The van der Waals surface area contributed by atoms with E-state index in [0.29, 0.717) is 22.6 Å². The minimum Gasteiger partial charge on any atom is -0.409 e. The summed E-state index contributed by atoms with van der Waals surface area (Å²) in [7, 11) is 0. The Labute approximate surface area is 135 Å². The van der Waals surface area contributed by atoms with E-state index in [-0.39, 0.29) is 0 Å². The molecule has 23 heavy (non-hydrogen) atoms. The summed E-state index contributed by atoms with van der Waals surface area (Å²) in [6.45, 7) is 3.80. The molecule has 4 rings (SSSR count). The van der Waals surface area contributed by atoms with Gasteiger partial charge in [0.25, 0.3) is 11.1 Å². The van der Waals surface area contributed by atoms with Crippen molar-refractivity contribution in [2.45, 2.75) is 24.1 Å². The number of hydrogen-bond donors (Lipinski definition) is 1. The number of hydrogen-bond acceptors (Lipinski definition) is 7. The number of fused-ring (bicyclic) bond motifs is 1. The Morgan fingerprint density at radius 3 is 2.91 bits per heavy atom. The highest BCUT2D eigenvalue weighted by Crippen LogP contribution is 2.26. The number of aromatic amines is 1. The van der Waals surface area contributed by atoms with Gasteiger partial charge in [0.2, 0.25) is 5.82 Å². The van der Waals surface area contributed by atoms with Crippen molar-refractivity contribution in [2.24, 2.45) is 0 Å². The van der Waals surface area contributed by atoms with Gasteiger partial charge in [-0.2, -0.15) is 0 Å². The van der Waals surface area contributed by atoms with Gasteiger partial charge in [0, 0.05) is 30.9 Å². The third-order valence-corrected chi connectivity index (χ3v) is 3.90. The van der Waals surface area contributed by atoms with Crippen molar-refractivity contribution in [3.63, 3.8) is 0 Å². The number of aromatic nitrogens is 7. The topological polar surface area (TPSA) is 97.5 Å². The summed E-state index contributed by atoms with van der Waals surface area (Å²) in [5.41, 5.74) is 1.51. The Morgan fingerprint density at radius 1 is 1.17 bits per heavy atom. The second kappa shape index (κ2) is 5.43. The van der Waals surface area contributed by atoms with Crippen LogP contribution in [-0.2, 0) is 0 Å². The van der Waals surface area contributed by atoms with Crippen LogP contribution in [-0.4, -0.2) is 30.2 Å². The van der Waals surface area contributed by atoms with Gasteiger partial charge in [-0.05, 0) is 19.1 Å². The number of aryl methyl sites for hydroxylation is 2. The maximum absolute atomic E-state index is 5.68. The summed E-state index contributed by atoms with van der Waals surface area (Å²) in [5, 5.41) is 12.5. The van der Waals surface area contributed by atoms with E-state index < -0.39 is 0 Å². The van der Waals surface area contributed by atoms with Crippen LogP contribution in [0.4, 0.5) is 0 Å². The minimum absolute atomic E-state index is 0.390. The van der Waals surface area contributed by atoms with Crippen molar-refractivity contribution < 1.29 is 8.93 Å². The van der Waals surface area contributed by atoms with Crippen LogP contribution >= 0.6 is 11.8 Å². The maximum Gasteiger partial charge on any atom is 0.458 e. The lowest BCUT2D eigenvalue weighted by Crippen LogP contribution is -2.27. The standard InChI is InChI=1S/C14H11N7OS/c1-8-7-11(21-13(16-8)17-9(2)20-21)23-14-19-18-12(22-14)10-5-3-4-6-15-10/h3-7H,1-2H3/p+1. The van der Waals surface area contributed by atoms with E-state index in [1.54, 1.807) is 10.7 Å². The molecule has 0 aliphatic carbocycles. The first kappa shape index (κ1) is 13.8. The summed E-state index contributed by atoms with van der Waals surface area (Å²) in [6, 6.07) is 7.46. The molecule has 114 valence electrons. The van der Waals surface area contributed by atoms with Crippen molar-refractivity contribution in [1.29, 1.82) is 0 Å². The Hall–Kier alpha value is -2.81. The SMILES string of the molecule is Cc1cc(Sc2nnc(-c3ccccn3)o2)[n+]2[nH]c(C)nc2n1. The Bertz CT molecular complexity index is 979. The van der Waals surface area contributed by atoms with Crippen molar-refractivity contribution in [3.8, 4) is 11.6 Å². The molecule has 0 aliphatic rings. The van der Waals surface area contributed by atoms with E-state index in [2.05, 4.69) is 30.2 Å². The quantitative estimate of drug-likeness (QED) is 0.452. The fraction of sp³-hybridized carbons (Fsp3) is 0.143. The molecule has 0 aliphatic heterocycles. The van der Waals surface area contributed by atoms with Gasteiger partial charge in [0.05, 0.1) is 0 Å². The zero-order valence-electron chi connectivity index (χ0n) is 12.4. The van der Waals surface area contributed by atoms with Crippen LogP contribution in [0.1, 0.15) is 11.5 Å². The average molecular weight is 326 g/mol. The molecule has 4 heterocycles. The van der Waals surface area contributed by atoms with Crippen molar-refractivity contribution in [1.82, 2.24) is 30.2 Å². The largest absolute Gasteiger partial charge is 0.458 e. The second-order valence-corrected chi connectivity index (χ2v) is 5.84. The van der Waals surface area contributed by atoms with E-state index in [0.717, 1.165) is 16.5 Å². The minimum atomic E-state index is 0.390. The van der Waals surface area contributed by atoms with Crippen LogP contribution in [0, 0.1) is 13.8 Å². The highest BCUT2D eigenvalue weighted by Gasteiger charge is 2.19. The highest BCUT2D eigenvalue weighted by atomic mass is 32.2. The zero-order chi connectivity index (χ0) is 15.8. The molecule has 0 radical (unpaired) electrons. The average Bonchev–Trinajstić information content (AvgIpc) is 3.14. The van der Waals surface area contributed by atoms with Crippen molar-refractivity contribution in [3.05, 3.63) is 42.0 Å². The first-order valence-electron chi connectivity index (χ1n) is 6.88. The van der Waals surface area contributed by atoms with Crippen LogP contribution < -0.4 is 4.52 Å². The molecular weight excluding hydrogens is 314 g/mol. The summed E-state index contributed by atoms with van der Waals surface area (Å²) in [5.74, 6) is 1.78. The van der Waals surface area contributed by atoms with Gasteiger partial charge in [0.1, 0.15) is 11.4 Å². The molecule has 0 unspecified atom stereocenters. The molecule has 0 bridgehead atoms. The van der Waals surface area contributed by atoms with E-state index in [9.17, 15) is 0 Å². The molecular formula is C14H12N7OS+. The Balaban J connectivity index is 1.70. The number of pyridine rings is 1. The van der Waals surface area contributed by atoms with E-state index in [1.165, 1.54) is 11.8 Å². The molecule has 0 atom stereocenters. The molecule has 1 N–H and O–H groups in total. The fourth-order valence-corrected chi connectivity index (χ4v) is 2.94. The lowest BCUT2D eigenvalue weighted by Gasteiger charge is -1.96. The van der Waals surface area contributed by atoms with Crippen LogP contribution in [0.25, 0.3) is 17.4 Å². The van der Waals surface area contributed by atoms with Gasteiger partial charge >= 0.3 is 5.78 Å². The summed E-state index contributed by atoms with van der Waals surface area (Å²) in [4.78, 5) is 12.9. The van der Waals surface area contributed by atoms with Crippen LogP contribution in [0.3, 0.4) is 0 Å². The zero-order valence-corrected chi connectivity index (χ0v) is 13.2. The first-order chi connectivity index (χ1) is 11.2. The third-order valence-electron chi connectivity index (χ3n) is 3.05. The first-order valence-corrected chi connectivity index (χ1v) is 7.69. The van der Waals surface area contributed by atoms with Gasteiger partial charge in [0.15, 0.2) is 5.03 Å². The second-order valence-electron chi connectivity index (χ2n) is 4.87. The fourth-order valence-electron chi connectivity index (χ4n) is 2.11. The lowest BCUT2D eigenvalue weighted by molar-refractivity contribution is -0.620. The van der Waals surface area contributed by atoms with E-state index in [1.807, 2.05) is 38.1 Å².